The summed E-state index contributed by atoms with van der Waals surface area (Å²) in [6, 6.07) is 23.4. The summed E-state index contributed by atoms with van der Waals surface area (Å²) in [6.45, 7) is 24.3. The summed E-state index contributed by atoms with van der Waals surface area (Å²) in [4.78, 5) is 0. The molecule has 0 aliphatic heterocycles. The van der Waals surface area contributed by atoms with E-state index in [0.29, 0.717) is 11.8 Å². The SMILES string of the molecule is CC1=[C]([Hf+2]([C]2=C(C)C(C(C)(C)C)=CC2C)=[Ge]([c]2ccccc2)[c]2ccccc2)C(C)C=C1C(C)(C)C.[Cl-].[Cl-]. The molecule has 2 aromatic carbocycles. The van der Waals surface area contributed by atoms with E-state index in [1.165, 1.54) is 0 Å². The normalized spacial score (nSPS) is 19.3. The molecule has 0 bridgehead atoms. The maximum atomic E-state index is 2.63. The Hall–Kier alpha value is -0.607. The summed E-state index contributed by atoms with van der Waals surface area (Å²) < 4.78 is 7.13. The van der Waals surface area contributed by atoms with Crippen molar-refractivity contribution >= 4 is 18.8 Å². The first-order valence-corrected chi connectivity index (χ1v) is 29.6. The Morgan fingerprint density at radius 1 is 0.579 bits per heavy atom. The molecule has 0 saturated heterocycles. The molecule has 0 fully saturated rings. The Labute approximate surface area is 253 Å². The van der Waals surface area contributed by atoms with E-state index in [1.54, 1.807) is 31.1 Å². The van der Waals surface area contributed by atoms with Crippen LogP contribution >= 0.6 is 0 Å². The Kier molecular flexibility index (Phi) is 11.4. The molecule has 0 N–H and O–H groups in total. The zero-order chi connectivity index (χ0) is 26.4. The van der Waals surface area contributed by atoms with Crippen molar-refractivity contribution in [1.29, 1.82) is 0 Å². The number of allylic oxidation sites excluding steroid dienone is 8. The molecule has 2 atom stereocenters. The average Bonchev–Trinajstić information content (AvgIpc) is 3.28. The Bertz CT molecular complexity index is 1210. The van der Waals surface area contributed by atoms with Crippen LogP contribution in [-0.4, -0.2) is 10.1 Å². The molecule has 2 aliphatic carbocycles. The van der Waals surface area contributed by atoms with E-state index in [4.69, 9.17) is 0 Å². The van der Waals surface area contributed by atoms with Crippen molar-refractivity contribution in [3.05, 3.63) is 102 Å². The van der Waals surface area contributed by atoms with Gasteiger partial charge in [0.25, 0.3) is 0 Å². The summed E-state index contributed by atoms with van der Waals surface area (Å²) in [6.07, 6.45) is 5.27. The number of hydrogen-bond donors (Lipinski definition) is 0. The average molecular weight is 775 g/mol. The first-order chi connectivity index (χ1) is 16.8. The Morgan fingerprint density at radius 3 is 1.16 bits per heavy atom. The molecule has 0 amide bonds. The van der Waals surface area contributed by atoms with Crippen LogP contribution in [0.1, 0.15) is 69.2 Å². The first kappa shape index (κ1) is 33.6. The van der Waals surface area contributed by atoms with Gasteiger partial charge in [0.05, 0.1) is 0 Å². The van der Waals surface area contributed by atoms with Crippen LogP contribution in [0, 0.1) is 22.7 Å². The van der Waals surface area contributed by atoms with E-state index in [2.05, 4.69) is 142 Å². The topological polar surface area (TPSA) is 0 Å². The number of hydrogen-bond acceptors (Lipinski definition) is 0. The van der Waals surface area contributed by atoms with Gasteiger partial charge in [0, 0.05) is 0 Å². The van der Waals surface area contributed by atoms with Crippen LogP contribution in [0.25, 0.3) is 0 Å². The molecule has 2 aliphatic rings. The fourth-order valence-corrected chi connectivity index (χ4v) is 61.6. The van der Waals surface area contributed by atoms with E-state index in [-0.39, 0.29) is 35.6 Å². The van der Waals surface area contributed by atoms with Crippen LogP contribution in [-0.2, 0) is 18.3 Å². The minimum absolute atomic E-state index is 0. The van der Waals surface area contributed by atoms with Gasteiger partial charge in [-0.25, -0.2) is 0 Å². The van der Waals surface area contributed by atoms with E-state index in [0.717, 1.165) is 0 Å². The summed E-state index contributed by atoms with van der Waals surface area (Å²) in [5.74, 6) is 1.12. The van der Waals surface area contributed by atoms with Gasteiger partial charge < -0.3 is 24.8 Å². The van der Waals surface area contributed by atoms with E-state index < -0.39 is 28.4 Å². The minimum Gasteiger partial charge on any atom is -1.00 e. The van der Waals surface area contributed by atoms with Crippen LogP contribution in [0.4, 0.5) is 0 Å². The zero-order valence-electron chi connectivity index (χ0n) is 24.8. The number of halogens is 2. The van der Waals surface area contributed by atoms with Gasteiger partial charge in [-0.2, -0.15) is 0 Å². The predicted octanol–water partition coefficient (Wildman–Crippen LogP) is 2.21. The molecule has 202 valence electrons. The van der Waals surface area contributed by atoms with E-state index in [1.807, 2.05) is 6.66 Å². The smallest absolute Gasteiger partial charge is 1.00 e. The molecule has 0 aromatic heterocycles. The fraction of sp³-hybridized carbons (Fsp3) is 0.412. The summed E-state index contributed by atoms with van der Waals surface area (Å²) in [7, 11) is -1.85. The third-order valence-electron chi connectivity index (χ3n) is 7.89. The van der Waals surface area contributed by atoms with Crippen molar-refractivity contribution < 1.29 is 43.2 Å². The molecule has 2 unspecified atom stereocenters. The maximum absolute atomic E-state index is 2.63. The Balaban J connectivity index is 0.00000253. The zero-order valence-corrected chi connectivity index (χ0v) is 32.0. The van der Waals surface area contributed by atoms with Crippen molar-refractivity contribution in [3.63, 3.8) is 0 Å². The van der Waals surface area contributed by atoms with Crippen molar-refractivity contribution in [2.45, 2.75) is 69.2 Å². The number of rotatable bonds is 4. The standard InChI is InChI=1S/C12H10Ge.2C11H17.2ClH.Hf/c1-3-7-11(8-4-1)13-12-9-5-2-6-10-12;2*1-8-6-9(2)10(7-8)11(3,4)5;;;/h1-10H;2*7-8H,1-5H3;2*1H;/q;;;;;+2/p-2. The van der Waals surface area contributed by atoms with Crippen LogP contribution in [0.5, 0.6) is 0 Å². The third-order valence-corrected chi connectivity index (χ3v) is 52.0. The van der Waals surface area contributed by atoms with Crippen LogP contribution in [0.15, 0.2) is 102 Å². The molecule has 0 radical (unpaired) electrons. The Morgan fingerprint density at radius 2 is 0.895 bits per heavy atom. The van der Waals surface area contributed by atoms with Crippen LogP contribution < -0.4 is 33.6 Å². The monoisotopic (exact) mass is 776 g/mol. The van der Waals surface area contributed by atoms with Crippen molar-refractivity contribution in [2.24, 2.45) is 22.7 Å². The minimum atomic E-state index is -2.61. The molecule has 0 heterocycles. The number of benzene rings is 2. The molecule has 4 rings (SSSR count). The van der Waals surface area contributed by atoms with Crippen molar-refractivity contribution in [2.75, 3.05) is 0 Å². The second kappa shape index (κ2) is 12.9. The maximum Gasteiger partial charge on any atom is -1.00 e. The third kappa shape index (κ3) is 6.64. The van der Waals surface area contributed by atoms with Gasteiger partial charge in [-0.1, -0.05) is 0 Å². The van der Waals surface area contributed by atoms with Gasteiger partial charge in [-0.3, -0.25) is 0 Å². The van der Waals surface area contributed by atoms with E-state index in [9.17, 15) is 0 Å². The van der Waals surface area contributed by atoms with Crippen molar-refractivity contribution in [1.82, 2.24) is 0 Å². The van der Waals surface area contributed by atoms with Gasteiger partial charge in [-0.15, -0.1) is 0 Å². The second-order valence-electron chi connectivity index (χ2n) is 12.8. The molecule has 4 heteroatoms. The largest absolute Gasteiger partial charge is 1.00 e. The molecular weight excluding hydrogens is 730 g/mol. The fourth-order valence-electron chi connectivity index (χ4n) is 6.42. The summed E-state index contributed by atoms with van der Waals surface area (Å²) >= 11 is -2.61. The molecule has 0 spiro atoms. The molecule has 2 aromatic rings. The van der Waals surface area contributed by atoms with Gasteiger partial charge in [0.2, 0.25) is 0 Å². The van der Waals surface area contributed by atoms with Gasteiger partial charge in [-0.05, 0) is 0 Å². The summed E-state index contributed by atoms with van der Waals surface area (Å²) in [5, 5.41) is 0. The van der Waals surface area contributed by atoms with Crippen LogP contribution in [0.2, 0.25) is 0 Å². The van der Waals surface area contributed by atoms with Gasteiger partial charge in [0.1, 0.15) is 0 Å². The second-order valence-corrected chi connectivity index (χ2v) is 41.3. The molecule has 0 saturated carbocycles. The van der Waals surface area contributed by atoms with Crippen molar-refractivity contribution in [3.8, 4) is 0 Å². The predicted molar refractivity (Wildman–Crippen MR) is 157 cm³/mol. The molecule has 38 heavy (non-hydrogen) atoms. The molecule has 0 nitrogen and oxygen atoms in total. The van der Waals surface area contributed by atoms with E-state index >= 15 is 0 Å². The van der Waals surface area contributed by atoms with Crippen LogP contribution in [0.3, 0.4) is 0 Å². The first-order valence-electron chi connectivity index (χ1n) is 13.5. The van der Waals surface area contributed by atoms with Gasteiger partial charge in [0.15, 0.2) is 0 Å². The summed E-state index contributed by atoms with van der Waals surface area (Å²) in [5.41, 5.74) is 6.86. The molecular formula is C34H44Cl2GeHf. The van der Waals surface area contributed by atoms with Gasteiger partial charge >= 0.3 is 231 Å². The quantitative estimate of drug-likeness (QED) is 0.419.